The van der Waals surface area contributed by atoms with Gasteiger partial charge in [-0.2, -0.15) is 10.2 Å². The van der Waals surface area contributed by atoms with Crippen molar-refractivity contribution in [2.75, 3.05) is 31.5 Å². The molecule has 1 saturated heterocycles. The van der Waals surface area contributed by atoms with E-state index >= 15 is 0 Å². The van der Waals surface area contributed by atoms with Crippen molar-refractivity contribution < 1.29 is 14.0 Å². The van der Waals surface area contributed by atoms with Gasteiger partial charge in [-0.15, -0.1) is 0 Å². The average Bonchev–Trinajstić information content (AvgIpc) is 3.34. The number of urea groups is 1. The second-order valence-electron chi connectivity index (χ2n) is 6.77. The molecule has 4 rings (SSSR count). The third-order valence-electron chi connectivity index (χ3n) is 4.74. The largest absolute Gasteiger partial charge is 0.459 e. The van der Waals surface area contributed by atoms with Crippen LogP contribution in [0.4, 0.5) is 21.9 Å². The van der Waals surface area contributed by atoms with Gasteiger partial charge in [-0.3, -0.25) is 4.79 Å². The zero-order valence-corrected chi connectivity index (χ0v) is 16.3. The van der Waals surface area contributed by atoms with Crippen LogP contribution in [0.25, 0.3) is 0 Å². The van der Waals surface area contributed by atoms with Crippen LogP contribution >= 0.6 is 0 Å². The maximum Gasteiger partial charge on any atom is 0.321 e. The Balaban J connectivity index is 1.28. The first-order chi connectivity index (χ1) is 14.7. The number of piperazine rings is 1. The first-order valence-electron chi connectivity index (χ1n) is 9.64. The predicted octanol–water partition coefficient (Wildman–Crippen LogP) is 4.68. The molecule has 1 aliphatic heterocycles. The highest BCUT2D eigenvalue weighted by Crippen LogP contribution is 2.20. The smallest absolute Gasteiger partial charge is 0.321 e. The molecule has 3 aromatic rings. The van der Waals surface area contributed by atoms with Gasteiger partial charge in [-0.05, 0) is 48.5 Å². The number of carbonyl (C=O) groups is 2. The Morgan fingerprint density at radius 3 is 2.03 bits per heavy atom. The maximum atomic E-state index is 12.5. The number of furan rings is 1. The van der Waals surface area contributed by atoms with Crippen molar-refractivity contribution in [2.24, 2.45) is 10.2 Å². The van der Waals surface area contributed by atoms with Gasteiger partial charge in [0, 0.05) is 31.9 Å². The summed E-state index contributed by atoms with van der Waals surface area (Å²) >= 11 is 0. The van der Waals surface area contributed by atoms with Crippen molar-refractivity contribution >= 4 is 29.0 Å². The normalized spacial score (nSPS) is 14.1. The van der Waals surface area contributed by atoms with Crippen molar-refractivity contribution in [3.63, 3.8) is 0 Å². The SMILES string of the molecule is O=C(Nc1ccc(N=Nc2ccccc2)cc1)N1CCN(C(=O)c2ccco2)CC1. The molecule has 8 nitrogen and oxygen atoms in total. The topological polar surface area (TPSA) is 90.5 Å². The van der Waals surface area contributed by atoms with E-state index in [1.54, 1.807) is 46.2 Å². The first-order valence-corrected chi connectivity index (χ1v) is 9.64. The summed E-state index contributed by atoms with van der Waals surface area (Å²) < 4.78 is 5.16. The number of anilines is 1. The van der Waals surface area contributed by atoms with E-state index in [4.69, 9.17) is 4.42 Å². The number of carbonyl (C=O) groups excluding carboxylic acids is 2. The van der Waals surface area contributed by atoms with Crippen molar-refractivity contribution in [3.05, 3.63) is 78.8 Å². The summed E-state index contributed by atoms with van der Waals surface area (Å²) in [6.07, 6.45) is 1.48. The molecule has 0 unspecified atom stereocenters. The van der Waals surface area contributed by atoms with E-state index in [2.05, 4.69) is 15.5 Å². The highest BCUT2D eigenvalue weighted by molar-refractivity contribution is 5.92. The molecule has 1 aliphatic rings. The van der Waals surface area contributed by atoms with Crippen molar-refractivity contribution in [2.45, 2.75) is 0 Å². The van der Waals surface area contributed by atoms with E-state index in [-0.39, 0.29) is 11.9 Å². The highest BCUT2D eigenvalue weighted by Gasteiger charge is 2.26. The monoisotopic (exact) mass is 403 g/mol. The minimum Gasteiger partial charge on any atom is -0.459 e. The van der Waals surface area contributed by atoms with Crippen LogP contribution in [0.5, 0.6) is 0 Å². The standard InChI is InChI=1S/C22H21N5O3/c28-21(20-7-4-16-30-20)26-12-14-27(15-13-26)22(29)23-17-8-10-19(11-9-17)25-24-18-5-2-1-3-6-18/h1-11,16H,12-15H2,(H,23,29). The zero-order valence-electron chi connectivity index (χ0n) is 16.3. The second-order valence-corrected chi connectivity index (χ2v) is 6.77. The average molecular weight is 403 g/mol. The molecule has 0 saturated carbocycles. The van der Waals surface area contributed by atoms with E-state index in [1.165, 1.54) is 6.26 Å². The molecular formula is C22H21N5O3. The summed E-state index contributed by atoms with van der Waals surface area (Å²) in [5, 5.41) is 11.2. The molecule has 1 N–H and O–H groups in total. The van der Waals surface area contributed by atoms with Crippen LogP contribution in [0.3, 0.4) is 0 Å². The number of nitrogens with zero attached hydrogens (tertiary/aromatic N) is 4. The van der Waals surface area contributed by atoms with Gasteiger partial charge in [0.1, 0.15) is 0 Å². The molecule has 152 valence electrons. The van der Waals surface area contributed by atoms with Crippen molar-refractivity contribution in [3.8, 4) is 0 Å². The Kier molecular flexibility index (Phi) is 5.84. The van der Waals surface area contributed by atoms with E-state index in [1.807, 2.05) is 30.3 Å². The predicted molar refractivity (Wildman–Crippen MR) is 112 cm³/mol. The number of hydrogen-bond acceptors (Lipinski definition) is 5. The summed E-state index contributed by atoms with van der Waals surface area (Å²) in [5.41, 5.74) is 2.15. The van der Waals surface area contributed by atoms with Crippen LogP contribution in [0, 0.1) is 0 Å². The second kappa shape index (κ2) is 9.04. The number of benzene rings is 2. The van der Waals surface area contributed by atoms with Gasteiger partial charge in [-0.25, -0.2) is 4.79 Å². The Labute approximate surface area is 173 Å². The van der Waals surface area contributed by atoms with E-state index in [0.29, 0.717) is 43.3 Å². The van der Waals surface area contributed by atoms with Crippen LogP contribution in [0.15, 0.2) is 87.6 Å². The van der Waals surface area contributed by atoms with Gasteiger partial charge in [0.05, 0.1) is 17.6 Å². The van der Waals surface area contributed by atoms with Crippen LogP contribution in [-0.2, 0) is 0 Å². The van der Waals surface area contributed by atoms with E-state index in [0.717, 1.165) is 5.69 Å². The quantitative estimate of drug-likeness (QED) is 0.641. The fraction of sp³-hybridized carbons (Fsp3) is 0.182. The van der Waals surface area contributed by atoms with E-state index in [9.17, 15) is 9.59 Å². The summed E-state index contributed by atoms with van der Waals surface area (Å²) in [6.45, 7) is 1.85. The summed E-state index contributed by atoms with van der Waals surface area (Å²) in [6, 6.07) is 19.8. The molecule has 0 spiro atoms. The lowest BCUT2D eigenvalue weighted by Gasteiger charge is -2.34. The van der Waals surface area contributed by atoms with Crippen LogP contribution in [0.2, 0.25) is 0 Å². The zero-order chi connectivity index (χ0) is 20.8. The van der Waals surface area contributed by atoms with Gasteiger partial charge < -0.3 is 19.5 Å². The minimum absolute atomic E-state index is 0.152. The fourth-order valence-corrected chi connectivity index (χ4v) is 3.09. The van der Waals surface area contributed by atoms with E-state index < -0.39 is 0 Å². The number of azo groups is 1. The number of hydrogen-bond donors (Lipinski definition) is 1. The van der Waals surface area contributed by atoms with Crippen LogP contribution < -0.4 is 5.32 Å². The lowest BCUT2D eigenvalue weighted by Crippen LogP contribution is -2.51. The first kappa shape index (κ1) is 19.4. The third kappa shape index (κ3) is 4.72. The summed E-state index contributed by atoms with van der Waals surface area (Å²) in [7, 11) is 0. The minimum atomic E-state index is -0.196. The summed E-state index contributed by atoms with van der Waals surface area (Å²) in [5.74, 6) is 0.165. The highest BCUT2D eigenvalue weighted by atomic mass is 16.3. The van der Waals surface area contributed by atoms with Gasteiger partial charge in [0.15, 0.2) is 5.76 Å². The van der Waals surface area contributed by atoms with Gasteiger partial charge in [0.25, 0.3) is 5.91 Å². The van der Waals surface area contributed by atoms with Crippen molar-refractivity contribution in [1.29, 1.82) is 0 Å². The van der Waals surface area contributed by atoms with Gasteiger partial charge >= 0.3 is 6.03 Å². The molecule has 0 bridgehead atoms. The van der Waals surface area contributed by atoms with Crippen LogP contribution in [0.1, 0.15) is 10.6 Å². The fourth-order valence-electron chi connectivity index (χ4n) is 3.09. The molecule has 1 fully saturated rings. The van der Waals surface area contributed by atoms with Gasteiger partial charge in [-0.1, -0.05) is 18.2 Å². The maximum absolute atomic E-state index is 12.5. The molecule has 1 aromatic heterocycles. The Bertz CT molecular complexity index is 1010. The molecule has 3 amide bonds. The molecule has 0 atom stereocenters. The number of amides is 3. The van der Waals surface area contributed by atoms with Gasteiger partial charge in [0.2, 0.25) is 0 Å². The molecular weight excluding hydrogens is 382 g/mol. The molecule has 2 aromatic carbocycles. The molecule has 2 heterocycles. The molecule has 0 radical (unpaired) electrons. The Hall–Kier alpha value is -3.94. The lowest BCUT2D eigenvalue weighted by atomic mass is 10.2. The van der Waals surface area contributed by atoms with Crippen LogP contribution in [-0.4, -0.2) is 47.9 Å². The molecule has 0 aliphatic carbocycles. The van der Waals surface area contributed by atoms with Crippen molar-refractivity contribution in [1.82, 2.24) is 9.80 Å². The lowest BCUT2D eigenvalue weighted by molar-refractivity contribution is 0.0640. The Morgan fingerprint density at radius 1 is 0.767 bits per heavy atom. The number of nitrogens with one attached hydrogen (secondary N) is 1. The third-order valence-corrected chi connectivity index (χ3v) is 4.74. The molecule has 8 heteroatoms. The summed E-state index contributed by atoms with van der Waals surface area (Å²) in [4.78, 5) is 28.2. The molecule has 30 heavy (non-hydrogen) atoms. The number of rotatable bonds is 4. The Morgan fingerprint density at radius 2 is 1.40 bits per heavy atom.